The van der Waals surface area contributed by atoms with Crippen LogP contribution in [0.4, 0.5) is 0 Å². The van der Waals surface area contributed by atoms with E-state index in [1.165, 1.54) is 14.2 Å². The molecule has 0 bridgehead atoms. The summed E-state index contributed by atoms with van der Waals surface area (Å²) in [5.74, 6) is -3.13. The third-order valence-electron chi connectivity index (χ3n) is 14.1. The third kappa shape index (κ3) is 33.9. The number of carboxylic acids is 2. The number of carboxylic acid groups (broad SMARTS) is 2. The van der Waals surface area contributed by atoms with Crippen molar-refractivity contribution in [2.24, 2.45) is 17.6 Å². The van der Waals surface area contributed by atoms with Crippen molar-refractivity contribution in [2.45, 2.75) is 194 Å². The number of aliphatic carboxylic acids is 2. The van der Waals surface area contributed by atoms with Crippen molar-refractivity contribution in [1.82, 2.24) is 0 Å². The Bertz CT molecular complexity index is 2730. The number of hydrogen-bond donors (Lipinski definition) is 7. The molecule has 6 aliphatic rings. The molecule has 0 aromatic carbocycles. The number of aldehydes is 1. The SMILES string of the molecule is COC1CC(C)C(OC2CC(O)C(O[C@H]3[C@H](COS(=O)(=O)[O-])OC(C=O)[C@@H]3O)OC2C(=O)[O-])OC1COS(=O)(=O)[O-].COC1CC(C)C(OC2CC(O)C(O[C@H]3[C@H](COS(=O)(=O)[O-])OC(CCCCS)[C@H]3O)OC2C(=O)[O-])OC1COS(=O)(=O)[O-].NCCS.O.O.O.O.[B].[C-]#N.[Na+]. The van der Waals surface area contributed by atoms with E-state index in [-0.39, 0.29) is 79.0 Å². The molecule has 0 spiro atoms. The van der Waals surface area contributed by atoms with Crippen molar-refractivity contribution < 1.29 is 222 Å². The molecular weight excluding hydrogens is 1460 g/mol. The number of hydrogen-bond acceptors (Lipinski definition) is 41. The second kappa shape index (κ2) is 47.8. The van der Waals surface area contributed by atoms with E-state index in [1.807, 2.05) is 0 Å². The molecule has 97 heavy (non-hydrogen) atoms. The van der Waals surface area contributed by atoms with Crippen LogP contribution in [0.15, 0.2) is 0 Å². The molecule has 0 aromatic heterocycles. The van der Waals surface area contributed by atoms with E-state index in [2.05, 4.69) is 42.0 Å². The number of ether oxygens (including phenoxy) is 12. The molecule has 6 saturated heterocycles. The number of rotatable bonds is 30. The number of nitrogens with zero attached hydrogens (tertiary/aromatic N) is 1. The van der Waals surface area contributed by atoms with Gasteiger partial charge in [-0.15, -0.1) is 0 Å². The summed E-state index contributed by atoms with van der Waals surface area (Å²) in [7, 11) is -17.8. The predicted octanol–water partition coefficient (Wildman–Crippen LogP) is -14.7. The van der Waals surface area contributed by atoms with Crippen LogP contribution in [0.1, 0.15) is 58.8 Å². The molecule has 567 valence electrons. The Morgan fingerprint density at radius 3 is 1.19 bits per heavy atom. The number of aliphatic hydroxyl groups is 4. The van der Waals surface area contributed by atoms with Crippen molar-refractivity contribution in [3.8, 4) is 0 Å². The number of methoxy groups -OCH3 is 2. The molecule has 24 atom stereocenters. The number of thiol groups is 2. The summed E-state index contributed by atoms with van der Waals surface area (Å²) in [6, 6.07) is 0. The zero-order valence-electron chi connectivity index (χ0n) is 52.2. The number of aliphatic hydroxyl groups excluding tert-OH is 4. The molecule has 6 rings (SSSR count). The maximum Gasteiger partial charge on any atom is 1.00 e. The average Bonchev–Trinajstić information content (AvgIpc) is 1.78. The standard InChI is InChI=1S/C23H40O18S3.C20H32O19S2.C2H7NS.CN.B.Na.4H2O/c1-11-7-14(34-2)16(9-35-43(28,29)30)39-22(11)38-15-8-12(24)23(41-20(15)21(26)27)40-19-17(10-36-44(31,32)33)37-13(18(19)25)5-3-4-6-42;1-8-3-10(32-2)13(6-33-40(26,27)28)37-19(8)36-11-4-9(22)20(39-17(11)18(24)25)38-16-14(7-34-41(29,30)31)35-12(5-21)15(16)23;3-1-2-4;1-2;;;;;;/h11-20,22-25,42H,3-10H2,1-2H3,(H,26,27)(H,28,29,30)(H,31,32,33);5,8-17,19-20,22-23H,3-4,6-7H2,1-2H3,(H,24,25)(H,26,27,28)(H,29,30,31);4H,1-3H2;;;;4*1H2/q;;;-1;;+1;;;;/p-6/t11?,12?,13?,14?,15?,16?,17-,18+,19-,20?,22?,23?;8?,9?,10?,11?,12?,13?,14-,15-,16-,17?,19?,20?;;;;;;;;/m00......../s1. The molecule has 43 nitrogen and oxygen atoms in total. The molecule has 3 radical (unpaired) electrons. The second-order valence-electron chi connectivity index (χ2n) is 20.7. The van der Waals surface area contributed by atoms with Crippen LogP contribution in [0.3, 0.4) is 0 Å². The molecule has 0 aromatic rings. The Hall–Kier alpha value is -1.50. The van der Waals surface area contributed by atoms with Gasteiger partial charge >= 0.3 is 29.6 Å². The molecule has 51 heteroatoms. The summed E-state index contributed by atoms with van der Waals surface area (Å²) in [5, 5.41) is 72.9. The van der Waals surface area contributed by atoms with E-state index >= 15 is 0 Å². The van der Waals surface area contributed by atoms with E-state index in [4.69, 9.17) is 74.4 Å². The van der Waals surface area contributed by atoms with Crippen LogP contribution < -0.4 is 45.5 Å². The Morgan fingerprint density at radius 2 is 0.876 bits per heavy atom. The normalized spacial score (nSPS) is 34.9. The first kappa shape index (κ1) is 102. The monoisotopic (exact) mass is 1540 g/mol. The minimum atomic E-state index is -5.20. The van der Waals surface area contributed by atoms with Crippen LogP contribution in [0.2, 0.25) is 0 Å². The summed E-state index contributed by atoms with van der Waals surface area (Å²) in [5.41, 5.74) is 4.95. The first-order valence-corrected chi connectivity index (χ1v) is 33.8. The first-order valence-electron chi connectivity index (χ1n) is 27.2. The Kier molecular flexibility index (Phi) is 50.2. The second-order valence-corrected chi connectivity index (χ2v) is 25.8. The van der Waals surface area contributed by atoms with Gasteiger partial charge in [-0.3, -0.25) is 16.7 Å². The van der Waals surface area contributed by atoms with E-state index in [0.29, 0.717) is 31.6 Å². The van der Waals surface area contributed by atoms with Gasteiger partial charge in [-0.1, -0.05) is 13.8 Å². The maximum atomic E-state index is 12.1. The number of carbonyl (C=O) groups is 3. The molecule has 14 N–H and O–H groups in total. The van der Waals surface area contributed by atoms with Gasteiger partial charge in [0.05, 0.1) is 68.9 Å². The van der Waals surface area contributed by atoms with Crippen LogP contribution in [-0.4, -0.2) is 315 Å². The summed E-state index contributed by atoms with van der Waals surface area (Å²) in [6.45, 7) is 5.54. The molecule has 0 aliphatic carbocycles. The minimum Gasteiger partial charge on any atom is -0.726 e. The molecular formula is C46H81BN2NaO41S6-6. The fourth-order valence-corrected chi connectivity index (χ4v) is 11.3. The fourth-order valence-electron chi connectivity index (χ4n) is 9.92. The summed E-state index contributed by atoms with van der Waals surface area (Å²) < 4.78 is 214. The third-order valence-corrected chi connectivity index (χ3v) is 16.4. The molecule has 6 heterocycles. The summed E-state index contributed by atoms with van der Waals surface area (Å²) in [4.78, 5) is 35.2. The molecule has 0 amide bonds. The molecule has 6 fully saturated rings. The maximum absolute atomic E-state index is 12.1. The largest absolute Gasteiger partial charge is 1.00 e. The van der Waals surface area contributed by atoms with Crippen molar-refractivity contribution in [3.05, 3.63) is 6.57 Å². The van der Waals surface area contributed by atoms with Gasteiger partial charge in [0.25, 0.3) is 0 Å². The molecule has 18 unspecified atom stereocenters. The Balaban J connectivity index is -0.000000781. The zero-order chi connectivity index (χ0) is 68.9. The quantitative estimate of drug-likeness (QED) is 0.00668. The molecule has 6 aliphatic heterocycles. The van der Waals surface area contributed by atoms with Crippen LogP contribution in [0, 0.1) is 23.7 Å². The van der Waals surface area contributed by atoms with Crippen molar-refractivity contribution in [3.63, 3.8) is 0 Å². The van der Waals surface area contributed by atoms with Gasteiger partial charge in [0.1, 0.15) is 79.4 Å². The van der Waals surface area contributed by atoms with Crippen LogP contribution >= 0.6 is 25.3 Å². The van der Waals surface area contributed by atoms with Crippen molar-refractivity contribution in [2.75, 3.05) is 58.7 Å². The minimum absolute atomic E-state index is 0. The number of nitrogens with two attached hydrogens (primary N) is 1. The van der Waals surface area contributed by atoms with Gasteiger partial charge < -0.3 is 160 Å². The van der Waals surface area contributed by atoms with E-state index < -0.39 is 240 Å². The van der Waals surface area contributed by atoms with Gasteiger partial charge in [0.2, 0.25) is 41.6 Å². The first-order chi connectivity index (χ1) is 42.5. The van der Waals surface area contributed by atoms with Crippen molar-refractivity contribution >= 4 is 93.5 Å². The average molecular weight is 1540 g/mol. The van der Waals surface area contributed by atoms with Crippen molar-refractivity contribution in [1.29, 1.82) is 5.26 Å². The van der Waals surface area contributed by atoms with Gasteiger partial charge in [-0.2, -0.15) is 25.3 Å². The number of carbonyl (C=O) groups excluding carboxylic acids is 3. The van der Waals surface area contributed by atoms with Crippen LogP contribution in [0.5, 0.6) is 0 Å². The summed E-state index contributed by atoms with van der Waals surface area (Å²) in [6.07, 6.45) is -29.3. The predicted molar refractivity (Wildman–Crippen MR) is 308 cm³/mol. The fraction of sp³-hybridized carbons (Fsp3) is 0.913. The molecule has 0 saturated carbocycles. The zero-order valence-corrected chi connectivity index (χ0v) is 59.3. The smallest absolute Gasteiger partial charge is 0.726 e. The van der Waals surface area contributed by atoms with E-state index in [1.54, 1.807) is 13.8 Å². The Morgan fingerprint density at radius 1 is 0.536 bits per heavy atom. The topological polar surface area (TPSA) is 731 Å². The van der Waals surface area contributed by atoms with Crippen LogP contribution in [0.25, 0.3) is 0 Å². The van der Waals surface area contributed by atoms with Gasteiger partial charge in [0.15, 0.2) is 31.4 Å². The van der Waals surface area contributed by atoms with E-state index in [0.717, 1.165) is 5.75 Å². The number of unbranched alkanes of at least 4 members (excludes halogenated alkanes) is 1. The van der Waals surface area contributed by atoms with E-state index in [9.17, 15) is 96.9 Å². The summed E-state index contributed by atoms with van der Waals surface area (Å²) >= 11 is 7.92. The van der Waals surface area contributed by atoms with Gasteiger partial charge in [0, 0.05) is 59.6 Å². The van der Waals surface area contributed by atoms with Gasteiger partial charge in [-0.25, -0.2) is 33.7 Å². The Labute approximate surface area is 593 Å². The van der Waals surface area contributed by atoms with Gasteiger partial charge in [-0.05, 0) is 37.9 Å². The van der Waals surface area contributed by atoms with Crippen LogP contribution in [-0.2, 0) is 130 Å².